The third-order valence-corrected chi connectivity index (χ3v) is 2.91. The van der Waals surface area contributed by atoms with E-state index in [0.29, 0.717) is 29.6 Å². The van der Waals surface area contributed by atoms with Gasteiger partial charge in [-0.3, -0.25) is 0 Å². The van der Waals surface area contributed by atoms with E-state index in [2.05, 4.69) is 20.7 Å². The highest BCUT2D eigenvalue weighted by Gasteiger charge is 2.08. The molecule has 0 atom stereocenters. The van der Waals surface area contributed by atoms with Crippen LogP contribution in [0.15, 0.2) is 24.3 Å². The molecule has 0 amide bonds. The van der Waals surface area contributed by atoms with Gasteiger partial charge >= 0.3 is 0 Å². The summed E-state index contributed by atoms with van der Waals surface area (Å²) < 4.78 is 10.5. The second-order valence-corrected chi connectivity index (χ2v) is 4.24. The summed E-state index contributed by atoms with van der Waals surface area (Å²) in [5.74, 6) is 8.70. The van der Waals surface area contributed by atoms with Crippen LogP contribution in [0, 0.1) is 0 Å². The predicted molar refractivity (Wildman–Crippen MR) is 82.0 cm³/mol. The molecule has 0 bridgehead atoms. The van der Waals surface area contributed by atoms with Gasteiger partial charge in [0.25, 0.3) is 0 Å². The van der Waals surface area contributed by atoms with Crippen LogP contribution in [0.25, 0.3) is 0 Å². The average Bonchev–Trinajstić information content (AvgIpc) is 2.54. The lowest BCUT2D eigenvalue weighted by Gasteiger charge is -2.13. The minimum atomic E-state index is 0.547. The van der Waals surface area contributed by atoms with Gasteiger partial charge in [-0.05, 0) is 12.1 Å². The molecule has 7 heteroatoms. The summed E-state index contributed by atoms with van der Waals surface area (Å²) in [6.07, 6.45) is 0.708. The largest absolute Gasteiger partial charge is 0.497 e. The molecular formula is C14H19N5O2. The minimum absolute atomic E-state index is 0.547. The number of hydrogen-bond acceptors (Lipinski definition) is 7. The molecule has 1 aromatic heterocycles. The average molecular weight is 289 g/mol. The summed E-state index contributed by atoms with van der Waals surface area (Å²) >= 11 is 0. The summed E-state index contributed by atoms with van der Waals surface area (Å²) in [5, 5.41) is 3.20. The number of nitrogens with one attached hydrogen (secondary N) is 2. The molecule has 0 aliphatic carbocycles. The lowest BCUT2D eigenvalue weighted by molar-refractivity contribution is 0.405. The first-order valence-corrected chi connectivity index (χ1v) is 6.53. The molecule has 7 nitrogen and oxygen atoms in total. The van der Waals surface area contributed by atoms with Gasteiger partial charge in [-0.1, -0.05) is 6.92 Å². The highest BCUT2D eigenvalue weighted by molar-refractivity contribution is 5.67. The second kappa shape index (κ2) is 6.76. The van der Waals surface area contributed by atoms with Gasteiger partial charge in [0.1, 0.15) is 29.0 Å². The Morgan fingerprint density at radius 2 is 1.86 bits per heavy atom. The fraction of sp³-hybridized carbons (Fsp3) is 0.286. The van der Waals surface area contributed by atoms with Crippen molar-refractivity contribution in [3.05, 3.63) is 30.1 Å². The summed E-state index contributed by atoms with van der Waals surface area (Å²) in [7, 11) is 3.22. The van der Waals surface area contributed by atoms with Crippen molar-refractivity contribution < 1.29 is 9.47 Å². The Morgan fingerprint density at radius 1 is 1.10 bits per heavy atom. The molecule has 112 valence electrons. The van der Waals surface area contributed by atoms with Crippen LogP contribution < -0.4 is 26.1 Å². The zero-order valence-corrected chi connectivity index (χ0v) is 12.3. The first kappa shape index (κ1) is 14.9. The van der Waals surface area contributed by atoms with E-state index in [1.807, 2.05) is 25.1 Å². The Labute approximate surface area is 123 Å². The number of aromatic nitrogens is 2. The molecule has 0 unspecified atom stereocenters. The zero-order valence-electron chi connectivity index (χ0n) is 12.3. The van der Waals surface area contributed by atoms with E-state index in [4.69, 9.17) is 15.3 Å². The van der Waals surface area contributed by atoms with Gasteiger partial charge in [0.2, 0.25) is 0 Å². The molecule has 0 aliphatic rings. The topological polar surface area (TPSA) is 94.3 Å². The molecule has 2 aromatic rings. The van der Waals surface area contributed by atoms with Gasteiger partial charge < -0.3 is 20.2 Å². The van der Waals surface area contributed by atoms with Crippen molar-refractivity contribution in [1.29, 1.82) is 0 Å². The van der Waals surface area contributed by atoms with Gasteiger partial charge in [0.15, 0.2) is 0 Å². The zero-order chi connectivity index (χ0) is 15.2. The Hall–Kier alpha value is -2.54. The van der Waals surface area contributed by atoms with Crippen LogP contribution in [0.4, 0.5) is 17.3 Å². The van der Waals surface area contributed by atoms with E-state index >= 15 is 0 Å². The molecule has 1 aromatic carbocycles. The highest BCUT2D eigenvalue weighted by atomic mass is 16.5. The van der Waals surface area contributed by atoms with E-state index in [-0.39, 0.29) is 0 Å². The van der Waals surface area contributed by atoms with Crippen LogP contribution in [0.5, 0.6) is 11.5 Å². The summed E-state index contributed by atoms with van der Waals surface area (Å²) in [6, 6.07) is 7.21. The van der Waals surface area contributed by atoms with Crippen LogP contribution >= 0.6 is 0 Å². The Balaban J connectivity index is 2.36. The second-order valence-electron chi connectivity index (χ2n) is 4.24. The third kappa shape index (κ3) is 3.51. The molecule has 21 heavy (non-hydrogen) atoms. The number of nitrogens with two attached hydrogens (primary N) is 1. The standard InChI is InChI=1S/C14H19N5O2/c1-4-12-17-13(8-14(18-12)19-15)16-10-7-9(20-2)5-6-11(10)21-3/h5-8H,4,15H2,1-3H3,(H2,16,17,18,19). The Morgan fingerprint density at radius 3 is 2.48 bits per heavy atom. The van der Waals surface area contributed by atoms with Gasteiger partial charge in [0, 0.05) is 18.6 Å². The Bertz CT molecular complexity index is 596. The van der Waals surface area contributed by atoms with Crippen LogP contribution in [0.3, 0.4) is 0 Å². The van der Waals surface area contributed by atoms with Gasteiger partial charge in [0.05, 0.1) is 19.9 Å². The smallest absolute Gasteiger partial charge is 0.145 e. The van der Waals surface area contributed by atoms with Crippen LogP contribution in [0.2, 0.25) is 0 Å². The lowest BCUT2D eigenvalue weighted by Crippen LogP contribution is -2.11. The van der Waals surface area contributed by atoms with Crippen molar-refractivity contribution in [1.82, 2.24) is 9.97 Å². The first-order chi connectivity index (χ1) is 10.2. The number of nitrogen functional groups attached to an aromatic ring is 1. The van der Waals surface area contributed by atoms with E-state index in [1.165, 1.54) is 0 Å². The number of methoxy groups -OCH3 is 2. The molecule has 0 saturated heterocycles. The van der Waals surface area contributed by atoms with E-state index in [1.54, 1.807) is 20.3 Å². The number of ether oxygens (including phenoxy) is 2. The maximum absolute atomic E-state index is 5.42. The maximum Gasteiger partial charge on any atom is 0.145 e. The number of nitrogens with zero attached hydrogens (tertiary/aromatic N) is 2. The molecule has 0 spiro atoms. The van der Waals surface area contributed by atoms with Crippen molar-refractivity contribution in [2.45, 2.75) is 13.3 Å². The molecule has 2 rings (SSSR count). The van der Waals surface area contributed by atoms with Crippen molar-refractivity contribution in [3.63, 3.8) is 0 Å². The van der Waals surface area contributed by atoms with Crippen LogP contribution in [-0.4, -0.2) is 24.2 Å². The van der Waals surface area contributed by atoms with Crippen molar-refractivity contribution in [2.75, 3.05) is 25.0 Å². The number of rotatable bonds is 6. The van der Waals surface area contributed by atoms with Gasteiger partial charge in [-0.15, -0.1) is 0 Å². The third-order valence-electron chi connectivity index (χ3n) is 2.91. The summed E-state index contributed by atoms with van der Waals surface area (Å²) in [6.45, 7) is 1.98. The van der Waals surface area contributed by atoms with Crippen molar-refractivity contribution in [3.8, 4) is 11.5 Å². The molecular weight excluding hydrogens is 270 g/mol. The lowest BCUT2D eigenvalue weighted by atomic mass is 10.2. The molecule has 1 heterocycles. The molecule has 0 fully saturated rings. The summed E-state index contributed by atoms with van der Waals surface area (Å²) in [4.78, 5) is 8.66. The van der Waals surface area contributed by atoms with Gasteiger partial charge in [-0.25, -0.2) is 15.8 Å². The van der Waals surface area contributed by atoms with Crippen LogP contribution in [0.1, 0.15) is 12.7 Å². The molecule has 4 N–H and O–H groups in total. The van der Waals surface area contributed by atoms with Crippen molar-refractivity contribution in [2.24, 2.45) is 5.84 Å². The first-order valence-electron chi connectivity index (χ1n) is 6.53. The fourth-order valence-electron chi connectivity index (χ4n) is 1.84. The van der Waals surface area contributed by atoms with E-state index < -0.39 is 0 Å². The fourth-order valence-corrected chi connectivity index (χ4v) is 1.84. The summed E-state index contributed by atoms with van der Waals surface area (Å²) in [5.41, 5.74) is 3.28. The predicted octanol–water partition coefficient (Wildman–Crippen LogP) is 2.09. The maximum atomic E-state index is 5.42. The SMILES string of the molecule is CCc1nc(NN)cc(Nc2cc(OC)ccc2OC)n1. The normalized spacial score (nSPS) is 10.1. The van der Waals surface area contributed by atoms with Crippen molar-refractivity contribution >= 4 is 17.3 Å². The molecule has 0 aliphatic heterocycles. The Kier molecular flexibility index (Phi) is 4.78. The molecule has 0 saturated carbocycles. The number of aryl methyl sites for hydroxylation is 1. The highest BCUT2D eigenvalue weighted by Crippen LogP contribution is 2.31. The number of hydrogen-bond donors (Lipinski definition) is 3. The molecule has 0 radical (unpaired) electrons. The quantitative estimate of drug-likeness (QED) is 0.553. The van der Waals surface area contributed by atoms with E-state index in [9.17, 15) is 0 Å². The van der Waals surface area contributed by atoms with Gasteiger partial charge in [-0.2, -0.15) is 0 Å². The number of hydrazine groups is 1. The van der Waals surface area contributed by atoms with E-state index in [0.717, 1.165) is 11.4 Å². The number of anilines is 3. The minimum Gasteiger partial charge on any atom is -0.497 e. The monoisotopic (exact) mass is 289 g/mol. The van der Waals surface area contributed by atoms with Crippen LogP contribution in [-0.2, 0) is 6.42 Å². The number of benzene rings is 1.